The van der Waals surface area contributed by atoms with Crippen molar-refractivity contribution in [2.75, 3.05) is 0 Å². The van der Waals surface area contributed by atoms with E-state index in [9.17, 15) is 4.79 Å². The smallest absolute Gasteiger partial charge is 0.189 e. The van der Waals surface area contributed by atoms with Gasteiger partial charge in [-0.15, -0.1) is 0 Å². The maximum atomic E-state index is 12.7. The van der Waals surface area contributed by atoms with Gasteiger partial charge >= 0.3 is 0 Å². The lowest BCUT2D eigenvalue weighted by molar-refractivity contribution is 0.102. The van der Waals surface area contributed by atoms with Crippen molar-refractivity contribution < 1.29 is 4.79 Å². The number of rotatable bonds is 2. The highest BCUT2D eigenvalue weighted by Gasteiger charge is 2.17. The Balaban J connectivity index is 2.33. The van der Waals surface area contributed by atoms with Crippen molar-refractivity contribution in [2.24, 2.45) is 0 Å². The molecular weight excluding hydrogens is 232 g/mol. The molecule has 0 N–H and O–H groups in total. The van der Waals surface area contributed by atoms with Crippen LogP contribution in [0.1, 0.15) is 65.6 Å². The largest absolute Gasteiger partial charge is 0.289 e. The first-order chi connectivity index (χ1) is 9.09. The molecule has 0 heterocycles. The summed E-state index contributed by atoms with van der Waals surface area (Å²) in [4.78, 5) is 12.7. The van der Waals surface area contributed by atoms with Crippen molar-refractivity contribution >= 4 is 5.78 Å². The second-order valence-electron chi connectivity index (χ2n) is 5.79. The van der Waals surface area contributed by atoms with Crippen molar-refractivity contribution in [3.63, 3.8) is 0 Å². The fraction of sp³-hybridized carbons (Fsp3) is 0.500. The highest BCUT2D eigenvalue weighted by molar-refractivity contribution is 6.10. The number of benzene rings is 1. The number of ketones is 1. The molecule has 0 atom stereocenters. The summed E-state index contributed by atoms with van der Waals surface area (Å²) in [5.41, 5.74) is 5.43. The first-order valence-corrected chi connectivity index (χ1v) is 7.41. The molecule has 1 aliphatic rings. The maximum absolute atomic E-state index is 12.7. The molecule has 0 saturated carbocycles. The Morgan fingerprint density at radius 3 is 2.26 bits per heavy atom. The molecular formula is C18H24O. The standard InChI is InChI=1S/C18H24O/c1-13-11-14(2)17(15(3)12-13)18(19)16-9-7-5-4-6-8-10-16/h9,11-12H,4-8,10H2,1-3H3/b16-9+. The minimum atomic E-state index is 0.261. The summed E-state index contributed by atoms with van der Waals surface area (Å²) >= 11 is 0. The summed E-state index contributed by atoms with van der Waals surface area (Å²) < 4.78 is 0. The Hall–Kier alpha value is -1.37. The number of Topliss-reactive ketones (excluding diaryl/α,β-unsaturated/α-hetero) is 1. The zero-order valence-corrected chi connectivity index (χ0v) is 12.4. The van der Waals surface area contributed by atoms with Gasteiger partial charge in [0.2, 0.25) is 0 Å². The van der Waals surface area contributed by atoms with Crippen molar-refractivity contribution in [2.45, 2.75) is 59.3 Å². The average Bonchev–Trinajstić information content (AvgIpc) is 2.26. The minimum Gasteiger partial charge on any atom is -0.289 e. The van der Waals surface area contributed by atoms with E-state index in [1.54, 1.807) is 0 Å². The van der Waals surface area contributed by atoms with E-state index in [0.29, 0.717) is 0 Å². The van der Waals surface area contributed by atoms with Crippen LogP contribution in [0.5, 0.6) is 0 Å². The van der Waals surface area contributed by atoms with Crippen LogP contribution in [0.4, 0.5) is 0 Å². The molecule has 0 aromatic heterocycles. The van der Waals surface area contributed by atoms with E-state index in [4.69, 9.17) is 0 Å². The fourth-order valence-corrected chi connectivity index (χ4v) is 3.10. The molecule has 19 heavy (non-hydrogen) atoms. The van der Waals surface area contributed by atoms with Crippen LogP contribution in [0, 0.1) is 20.8 Å². The van der Waals surface area contributed by atoms with E-state index < -0.39 is 0 Å². The third-order valence-electron chi connectivity index (χ3n) is 3.99. The summed E-state index contributed by atoms with van der Waals surface area (Å²) in [5, 5.41) is 0. The zero-order chi connectivity index (χ0) is 13.8. The molecule has 0 amide bonds. The molecule has 0 fully saturated rings. The van der Waals surface area contributed by atoms with Crippen molar-refractivity contribution in [3.05, 3.63) is 46.0 Å². The summed E-state index contributed by atoms with van der Waals surface area (Å²) in [6.45, 7) is 6.19. The summed E-state index contributed by atoms with van der Waals surface area (Å²) in [6.07, 6.45) is 9.14. The van der Waals surface area contributed by atoms with Gasteiger partial charge in [0.25, 0.3) is 0 Å². The number of allylic oxidation sites excluding steroid dienone is 2. The Morgan fingerprint density at radius 2 is 1.58 bits per heavy atom. The molecule has 0 aliphatic heterocycles. The molecule has 102 valence electrons. The van der Waals surface area contributed by atoms with Gasteiger partial charge < -0.3 is 0 Å². The van der Waals surface area contributed by atoms with Crippen molar-refractivity contribution in [1.29, 1.82) is 0 Å². The van der Waals surface area contributed by atoms with E-state index in [0.717, 1.165) is 41.5 Å². The lowest BCUT2D eigenvalue weighted by Gasteiger charge is -2.14. The maximum Gasteiger partial charge on any atom is 0.189 e. The van der Waals surface area contributed by atoms with E-state index in [2.05, 4.69) is 39.0 Å². The normalized spacial score (nSPS) is 19.2. The van der Waals surface area contributed by atoms with Gasteiger partial charge in [0, 0.05) is 5.56 Å². The van der Waals surface area contributed by atoms with Gasteiger partial charge in [-0.25, -0.2) is 0 Å². The molecule has 0 spiro atoms. The quantitative estimate of drug-likeness (QED) is 0.675. The van der Waals surface area contributed by atoms with E-state index >= 15 is 0 Å². The van der Waals surface area contributed by atoms with Crippen LogP contribution in [0.25, 0.3) is 0 Å². The van der Waals surface area contributed by atoms with Crippen molar-refractivity contribution in [3.8, 4) is 0 Å². The average molecular weight is 256 g/mol. The SMILES string of the molecule is Cc1cc(C)c(C(=O)/C2=C/CCCCCC2)c(C)c1. The molecule has 1 aromatic carbocycles. The van der Waals surface area contributed by atoms with Crippen molar-refractivity contribution in [1.82, 2.24) is 0 Å². The Labute approximate surface area is 116 Å². The van der Waals surface area contributed by atoms with Gasteiger partial charge in [-0.2, -0.15) is 0 Å². The summed E-state index contributed by atoms with van der Waals surface area (Å²) in [7, 11) is 0. The molecule has 0 radical (unpaired) electrons. The predicted octanol–water partition coefficient (Wildman–Crippen LogP) is 5.08. The number of hydrogen-bond acceptors (Lipinski definition) is 1. The number of hydrogen-bond donors (Lipinski definition) is 0. The number of carbonyl (C=O) groups excluding carboxylic acids is 1. The van der Waals surface area contributed by atoms with E-state index in [-0.39, 0.29) is 5.78 Å². The van der Waals surface area contributed by atoms with Gasteiger partial charge in [-0.3, -0.25) is 4.79 Å². The highest BCUT2D eigenvalue weighted by atomic mass is 16.1. The Morgan fingerprint density at radius 1 is 0.947 bits per heavy atom. The Kier molecular flexibility index (Phi) is 4.57. The topological polar surface area (TPSA) is 17.1 Å². The third-order valence-corrected chi connectivity index (χ3v) is 3.99. The van der Waals surface area contributed by atoms with Crippen LogP contribution in [0.15, 0.2) is 23.8 Å². The second kappa shape index (κ2) is 6.18. The summed E-state index contributed by atoms with van der Waals surface area (Å²) in [5.74, 6) is 0.261. The van der Waals surface area contributed by atoms with Gasteiger partial charge in [-0.1, -0.05) is 36.6 Å². The second-order valence-corrected chi connectivity index (χ2v) is 5.79. The van der Waals surface area contributed by atoms with Crippen LogP contribution >= 0.6 is 0 Å². The van der Waals surface area contributed by atoms with E-state index in [1.807, 2.05) is 0 Å². The van der Waals surface area contributed by atoms with Crippen LogP contribution in [-0.4, -0.2) is 5.78 Å². The monoisotopic (exact) mass is 256 g/mol. The van der Waals surface area contributed by atoms with Gasteiger partial charge in [0.1, 0.15) is 0 Å². The first kappa shape index (κ1) is 14.0. The molecule has 1 heteroatoms. The molecule has 1 aromatic rings. The number of carbonyl (C=O) groups is 1. The van der Waals surface area contributed by atoms with Gasteiger partial charge in [0.15, 0.2) is 5.78 Å². The van der Waals surface area contributed by atoms with Crippen LogP contribution < -0.4 is 0 Å². The predicted molar refractivity (Wildman–Crippen MR) is 80.8 cm³/mol. The van der Waals surface area contributed by atoms with Gasteiger partial charge in [0.05, 0.1) is 0 Å². The molecule has 0 saturated heterocycles. The van der Waals surface area contributed by atoms with Crippen LogP contribution in [0.2, 0.25) is 0 Å². The minimum absolute atomic E-state index is 0.261. The number of aryl methyl sites for hydroxylation is 3. The molecule has 1 aliphatic carbocycles. The van der Waals surface area contributed by atoms with Gasteiger partial charge in [-0.05, 0) is 63.2 Å². The lowest BCUT2D eigenvalue weighted by atomic mass is 9.89. The van der Waals surface area contributed by atoms with Crippen LogP contribution in [-0.2, 0) is 0 Å². The first-order valence-electron chi connectivity index (χ1n) is 7.41. The third kappa shape index (κ3) is 3.34. The lowest BCUT2D eigenvalue weighted by Crippen LogP contribution is -2.09. The zero-order valence-electron chi connectivity index (χ0n) is 12.4. The Bertz CT molecular complexity index is 485. The fourth-order valence-electron chi connectivity index (χ4n) is 3.10. The molecule has 2 rings (SSSR count). The van der Waals surface area contributed by atoms with Crippen LogP contribution in [0.3, 0.4) is 0 Å². The molecule has 0 unspecified atom stereocenters. The highest BCUT2D eigenvalue weighted by Crippen LogP contribution is 2.24. The van der Waals surface area contributed by atoms with E-state index in [1.165, 1.54) is 24.8 Å². The molecule has 1 nitrogen and oxygen atoms in total. The molecule has 0 bridgehead atoms. The summed E-state index contributed by atoms with van der Waals surface area (Å²) in [6, 6.07) is 4.23.